The van der Waals surface area contributed by atoms with Crippen LogP contribution in [0.2, 0.25) is 0 Å². The summed E-state index contributed by atoms with van der Waals surface area (Å²) in [7, 11) is 0. The maximum atomic E-state index is 10.8. The van der Waals surface area contributed by atoms with Crippen molar-refractivity contribution >= 4 is 22.4 Å². The fourth-order valence-corrected chi connectivity index (χ4v) is 3.36. The Balaban J connectivity index is 1.99. The molecule has 1 aromatic heterocycles. The first-order chi connectivity index (χ1) is 8.99. The molecule has 1 aliphatic rings. The summed E-state index contributed by atoms with van der Waals surface area (Å²) in [6.45, 7) is 6.54. The van der Waals surface area contributed by atoms with Crippen molar-refractivity contribution < 1.29 is 9.90 Å². The molecule has 1 saturated heterocycles. The maximum absolute atomic E-state index is 10.8. The molecule has 1 fully saturated rings. The normalized spacial score (nSPS) is 18.8. The maximum Gasteiger partial charge on any atom is 0.326 e. The number of nitrogens with two attached hydrogens (primary N) is 1. The molecule has 1 atom stereocenters. The first-order valence-corrected chi connectivity index (χ1v) is 7.55. The SMILES string of the molecule is CC(C)C1CCN(c2nc(C(N)C(=O)O)cs2)CC1. The van der Waals surface area contributed by atoms with Crippen LogP contribution in [0, 0.1) is 11.8 Å². The summed E-state index contributed by atoms with van der Waals surface area (Å²) < 4.78 is 0. The molecule has 3 N–H and O–H groups in total. The smallest absolute Gasteiger partial charge is 0.326 e. The Kier molecular flexibility index (Phi) is 4.42. The Morgan fingerprint density at radius 1 is 1.53 bits per heavy atom. The van der Waals surface area contributed by atoms with Gasteiger partial charge in [0.15, 0.2) is 5.13 Å². The predicted octanol–water partition coefficient (Wildman–Crippen LogP) is 2.10. The van der Waals surface area contributed by atoms with Gasteiger partial charge in [0.2, 0.25) is 0 Å². The third-order valence-corrected chi connectivity index (χ3v) is 4.77. The zero-order valence-corrected chi connectivity index (χ0v) is 12.2. The molecule has 1 unspecified atom stereocenters. The van der Waals surface area contributed by atoms with Gasteiger partial charge in [0.25, 0.3) is 0 Å². The second-order valence-electron chi connectivity index (χ2n) is 5.44. The van der Waals surface area contributed by atoms with E-state index in [9.17, 15) is 4.79 Å². The lowest BCUT2D eigenvalue weighted by Crippen LogP contribution is -2.35. The number of hydrogen-bond donors (Lipinski definition) is 2. The van der Waals surface area contributed by atoms with Crippen molar-refractivity contribution in [3.05, 3.63) is 11.1 Å². The van der Waals surface area contributed by atoms with Crippen molar-refractivity contribution in [2.45, 2.75) is 32.7 Å². The van der Waals surface area contributed by atoms with Crippen LogP contribution in [0.25, 0.3) is 0 Å². The van der Waals surface area contributed by atoms with Gasteiger partial charge in [0.05, 0.1) is 5.69 Å². The van der Waals surface area contributed by atoms with E-state index in [4.69, 9.17) is 10.8 Å². The number of carboxylic acids is 1. The van der Waals surface area contributed by atoms with E-state index >= 15 is 0 Å². The second kappa shape index (κ2) is 5.88. The molecular formula is C13H21N3O2S. The number of piperidine rings is 1. The van der Waals surface area contributed by atoms with Crippen LogP contribution >= 0.6 is 11.3 Å². The van der Waals surface area contributed by atoms with Crippen LogP contribution in [-0.2, 0) is 4.79 Å². The van der Waals surface area contributed by atoms with Crippen LogP contribution < -0.4 is 10.6 Å². The molecule has 0 aliphatic carbocycles. The Bertz CT molecular complexity index is 439. The van der Waals surface area contributed by atoms with Crippen LogP contribution in [-0.4, -0.2) is 29.1 Å². The highest BCUT2D eigenvalue weighted by Crippen LogP contribution is 2.30. The molecule has 0 aromatic carbocycles. The van der Waals surface area contributed by atoms with Crippen molar-refractivity contribution in [3.8, 4) is 0 Å². The largest absolute Gasteiger partial charge is 0.480 e. The van der Waals surface area contributed by atoms with Crippen molar-refractivity contribution in [2.24, 2.45) is 17.6 Å². The summed E-state index contributed by atoms with van der Waals surface area (Å²) in [6.07, 6.45) is 2.36. The number of carboxylic acid groups (broad SMARTS) is 1. The highest BCUT2D eigenvalue weighted by atomic mass is 32.1. The Labute approximate surface area is 117 Å². The van der Waals surface area contributed by atoms with E-state index in [1.807, 2.05) is 0 Å². The number of thiazole rings is 1. The van der Waals surface area contributed by atoms with Crippen molar-refractivity contribution in [3.63, 3.8) is 0 Å². The zero-order valence-electron chi connectivity index (χ0n) is 11.4. The molecule has 106 valence electrons. The minimum atomic E-state index is -1.03. The molecule has 6 heteroatoms. The molecule has 0 spiro atoms. The van der Waals surface area contributed by atoms with Crippen molar-refractivity contribution in [1.82, 2.24) is 4.98 Å². The number of nitrogens with zero attached hydrogens (tertiary/aromatic N) is 2. The van der Waals surface area contributed by atoms with E-state index in [2.05, 4.69) is 23.7 Å². The molecule has 0 bridgehead atoms. The summed E-state index contributed by atoms with van der Waals surface area (Å²) in [6, 6.07) is -1.02. The average Bonchev–Trinajstić information content (AvgIpc) is 2.87. The fourth-order valence-electron chi connectivity index (χ4n) is 2.45. The van der Waals surface area contributed by atoms with Gasteiger partial charge in [0, 0.05) is 18.5 Å². The second-order valence-corrected chi connectivity index (χ2v) is 6.28. The Morgan fingerprint density at radius 3 is 2.68 bits per heavy atom. The standard InChI is InChI=1S/C13H21N3O2S/c1-8(2)9-3-5-16(6-4-9)13-15-10(7-19-13)11(14)12(17)18/h7-9,11H,3-6,14H2,1-2H3,(H,17,18). The molecule has 0 amide bonds. The molecule has 1 aliphatic heterocycles. The average molecular weight is 283 g/mol. The lowest BCUT2D eigenvalue weighted by Gasteiger charge is -2.33. The van der Waals surface area contributed by atoms with Gasteiger partial charge in [-0.15, -0.1) is 11.3 Å². The molecular weight excluding hydrogens is 262 g/mol. The first kappa shape index (κ1) is 14.3. The molecule has 19 heavy (non-hydrogen) atoms. The van der Waals surface area contributed by atoms with Crippen molar-refractivity contribution in [2.75, 3.05) is 18.0 Å². The minimum absolute atomic E-state index is 0.457. The van der Waals surface area contributed by atoms with E-state index in [1.165, 1.54) is 24.2 Å². The van der Waals surface area contributed by atoms with Crippen LogP contribution in [0.3, 0.4) is 0 Å². The van der Waals surface area contributed by atoms with E-state index in [1.54, 1.807) is 5.38 Å². The molecule has 1 aromatic rings. The summed E-state index contributed by atoms with van der Waals surface area (Å²) in [5.74, 6) is 0.488. The molecule has 0 saturated carbocycles. The third kappa shape index (κ3) is 3.25. The monoisotopic (exact) mass is 283 g/mol. The molecule has 5 nitrogen and oxygen atoms in total. The minimum Gasteiger partial charge on any atom is -0.480 e. The van der Waals surface area contributed by atoms with Gasteiger partial charge in [-0.25, -0.2) is 4.98 Å². The van der Waals surface area contributed by atoms with E-state index in [0.29, 0.717) is 5.69 Å². The van der Waals surface area contributed by atoms with Gasteiger partial charge in [-0.3, -0.25) is 4.79 Å². The van der Waals surface area contributed by atoms with Gasteiger partial charge >= 0.3 is 5.97 Å². The summed E-state index contributed by atoms with van der Waals surface area (Å²) >= 11 is 1.48. The summed E-state index contributed by atoms with van der Waals surface area (Å²) in [5.41, 5.74) is 6.03. The van der Waals surface area contributed by atoms with E-state index < -0.39 is 12.0 Å². The first-order valence-electron chi connectivity index (χ1n) is 6.67. The molecule has 0 radical (unpaired) electrons. The third-order valence-electron chi connectivity index (χ3n) is 3.85. The summed E-state index contributed by atoms with van der Waals surface area (Å²) in [5, 5.41) is 11.5. The number of hydrogen-bond acceptors (Lipinski definition) is 5. The molecule has 2 rings (SSSR count). The fraction of sp³-hybridized carbons (Fsp3) is 0.692. The topological polar surface area (TPSA) is 79.5 Å². The zero-order chi connectivity index (χ0) is 14.0. The highest BCUT2D eigenvalue weighted by Gasteiger charge is 2.24. The van der Waals surface area contributed by atoms with E-state index in [0.717, 1.165) is 30.1 Å². The number of rotatable bonds is 4. The van der Waals surface area contributed by atoms with Gasteiger partial charge in [0.1, 0.15) is 6.04 Å². The lowest BCUT2D eigenvalue weighted by molar-refractivity contribution is -0.138. The quantitative estimate of drug-likeness (QED) is 0.884. The number of aliphatic carboxylic acids is 1. The molecule has 2 heterocycles. The van der Waals surface area contributed by atoms with Gasteiger partial charge in [-0.05, 0) is 24.7 Å². The van der Waals surface area contributed by atoms with Crippen molar-refractivity contribution in [1.29, 1.82) is 0 Å². The van der Waals surface area contributed by atoms with Gasteiger partial charge in [-0.2, -0.15) is 0 Å². The Morgan fingerprint density at radius 2 is 2.16 bits per heavy atom. The lowest BCUT2D eigenvalue weighted by atomic mass is 9.87. The number of aromatic nitrogens is 1. The Hall–Kier alpha value is -1.14. The van der Waals surface area contributed by atoms with E-state index in [-0.39, 0.29) is 0 Å². The number of carbonyl (C=O) groups is 1. The van der Waals surface area contributed by atoms with Crippen LogP contribution in [0.4, 0.5) is 5.13 Å². The summed E-state index contributed by atoms with van der Waals surface area (Å²) in [4.78, 5) is 17.4. The van der Waals surface area contributed by atoms with Gasteiger partial charge < -0.3 is 15.7 Å². The van der Waals surface area contributed by atoms with Crippen LogP contribution in [0.1, 0.15) is 38.4 Å². The highest BCUT2D eigenvalue weighted by molar-refractivity contribution is 7.13. The van der Waals surface area contributed by atoms with Gasteiger partial charge in [-0.1, -0.05) is 13.8 Å². The predicted molar refractivity (Wildman–Crippen MR) is 76.5 cm³/mol. The van der Waals surface area contributed by atoms with Crippen LogP contribution in [0.5, 0.6) is 0 Å². The number of anilines is 1. The van der Waals surface area contributed by atoms with Crippen LogP contribution in [0.15, 0.2) is 5.38 Å².